The van der Waals surface area contributed by atoms with Crippen LogP contribution < -0.4 is 5.32 Å². The Morgan fingerprint density at radius 2 is 2.31 bits per heavy atom. The van der Waals surface area contributed by atoms with Crippen molar-refractivity contribution < 1.29 is 14.3 Å². The topological polar surface area (TPSA) is 65.7 Å². The fourth-order valence-corrected chi connectivity index (χ4v) is 1.32. The fraction of sp³-hybridized carbons (Fsp3) is 0.545. The molecule has 1 aromatic heterocycles. The first-order chi connectivity index (χ1) is 7.59. The summed E-state index contributed by atoms with van der Waals surface area (Å²) in [6.45, 7) is 2.49. The average molecular weight is 226 g/mol. The zero-order chi connectivity index (χ0) is 12.0. The van der Waals surface area contributed by atoms with Crippen molar-refractivity contribution in [3.8, 4) is 0 Å². The zero-order valence-electron chi connectivity index (χ0n) is 9.69. The summed E-state index contributed by atoms with van der Waals surface area (Å²) >= 11 is 0. The number of rotatable bonds is 7. The quantitative estimate of drug-likeness (QED) is 0.679. The number of carboxylic acid groups (broad SMARTS) is 1. The Morgan fingerprint density at radius 3 is 2.88 bits per heavy atom. The molecule has 0 aromatic carbocycles. The van der Waals surface area contributed by atoms with E-state index in [1.807, 2.05) is 14.1 Å². The zero-order valence-corrected chi connectivity index (χ0v) is 9.69. The summed E-state index contributed by atoms with van der Waals surface area (Å²) in [6, 6.07) is 1.54. The maximum absolute atomic E-state index is 10.6. The molecule has 1 rings (SSSR count). The number of carbonyl (C=O) groups is 1. The van der Waals surface area contributed by atoms with Crippen LogP contribution >= 0.6 is 0 Å². The molecule has 0 fully saturated rings. The summed E-state index contributed by atoms with van der Waals surface area (Å²) in [6.07, 6.45) is 2.32. The number of hydrogen-bond acceptors (Lipinski definition) is 4. The van der Waals surface area contributed by atoms with Crippen molar-refractivity contribution >= 4 is 5.97 Å². The summed E-state index contributed by atoms with van der Waals surface area (Å²) in [7, 11) is 4.07. The van der Waals surface area contributed by atoms with Gasteiger partial charge in [-0.3, -0.25) is 0 Å². The first-order valence-electron chi connectivity index (χ1n) is 5.25. The van der Waals surface area contributed by atoms with Gasteiger partial charge in [0.15, 0.2) is 0 Å². The standard InChI is InChI=1S/C11H18N2O3/c1-13(2)5-3-4-12-7-10-6-9(8-16-10)11(14)15/h6,8,12H,3-5,7H2,1-2H3,(H,14,15). The number of nitrogens with one attached hydrogen (secondary N) is 1. The Hall–Kier alpha value is -1.33. The van der Waals surface area contributed by atoms with E-state index in [-0.39, 0.29) is 5.56 Å². The highest BCUT2D eigenvalue weighted by Crippen LogP contribution is 2.07. The SMILES string of the molecule is CN(C)CCCNCc1cc(C(=O)O)co1. The van der Waals surface area contributed by atoms with E-state index < -0.39 is 5.97 Å². The fourth-order valence-electron chi connectivity index (χ4n) is 1.32. The minimum absolute atomic E-state index is 0.199. The smallest absolute Gasteiger partial charge is 0.338 e. The molecule has 1 heterocycles. The predicted octanol–water partition coefficient (Wildman–Crippen LogP) is 1.02. The van der Waals surface area contributed by atoms with E-state index in [1.54, 1.807) is 6.07 Å². The summed E-state index contributed by atoms with van der Waals surface area (Å²) < 4.78 is 5.10. The molecule has 0 bridgehead atoms. The summed E-state index contributed by atoms with van der Waals surface area (Å²) in [5.41, 5.74) is 0.199. The van der Waals surface area contributed by atoms with Gasteiger partial charge >= 0.3 is 5.97 Å². The maximum Gasteiger partial charge on any atom is 0.338 e. The Labute approximate surface area is 95.0 Å². The van der Waals surface area contributed by atoms with Gasteiger partial charge in [-0.25, -0.2) is 4.79 Å². The molecule has 0 saturated carbocycles. The van der Waals surface area contributed by atoms with Gasteiger partial charge in [0.1, 0.15) is 12.0 Å². The monoisotopic (exact) mass is 226 g/mol. The summed E-state index contributed by atoms with van der Waals surface area (Å²) in [5, 5.41) is 11.9. The van der Waals surface area contributed by atoms with Crippen molar-refractivity contribution in [2.24, 2.45) is 0 Å². The molecular formula is C11H18N2O3. The summed E-state index contributed by atoms with van der Waals surface area (Å²) in [4.78, 5) is 12.7. The van der Waals surface area contributed by atoms with Gasteiger partial charge in [-0.05, 0) is 39.7 Å². The van der Waals surface area contributed by atoms with Crippen molar-refractivity contribution in [1.29, 1.82) is 0 Å². The van der Waals surface area contributed by atoms with Gasteiger partial charge in [0.05, 0.1) is 12.1 Å². The first kappa shape index (κ1) is 12.7. The molecular weight excluding hydrogens is 208 g/mol. The molecule has 0 aliphatic heterocycles. The van der Waals surface area contributed by atoms with E-state index in [4.69, 9.17) is 9.52 Å². The second-order valence-corrected chi connectivity index (χ2v) is 3.94. The number of aromatic carboxylic acids is 1. The van der Waals surface area contributed by atoms with E-state index in [9.17, 15) is 4.79 Å². The molecule has 16 heavy (non-hydrogen) atoms. The molecule has 0 aliphatic rings. The van der Waals surface area contributed by atoms with Gasteiger partial charge in [-0.15, -0.1) is 0 Å². The van der Waals surface area contributed by atoms with E-state index in [0.29, 0.717) is 12.3 Å². The molecule has 0 aliphatic carbocycles. The van der Waals surface area contributed by atoms with Gasteiger partial charge < -0.3 is 19.7 Å². The van der Waals surface area contributed by atoms with Crippen LogP contribution in [0.25, 0.3) is 0 Å². The third-order valence-electron chi connectivity index (χ3n) is 2.16. The van der Waals surface area contributed by atoms with E-state index in [0.717, 1.165) is 19.5 Å². The third kappa shape index (κ3) is 4.46. The molecule has 0 saturated heterocycles. The first-order valence-corrected chi connectivity index (χ1v) is 5.25. The normalized spacial score (nSPS) is 10.9. The predicted molar refractivity (Wildman–Crippen MR) is 60.5 cm³/mol. The van der Waals surface area contributed by atoms with Crippen molar-refractivity contribution in [2.45, 2.75) is 13.0 Å². The highest BCUT2D eigenvalue weighted by molar-refractivity contribution is 5.87. The maximum atomic E-state index is 10.6. The Balaban J connectivity index is 2.19. The van der Waals surface area contributed by atoms with Gasteiger partial charge in [-0.1, -0.05) is 0 Å². The number of nitrogens with zero attached hydrogens (tertiary/aromatic N) is 1. The molecule has 1 aromatic rings. The molecule has 0 unspecified atom stereocenters. The second kappa shape index (κ2) is 6.30. The highest BCUT2D eigenvalue weighted by Gasteiger charge is 2.07. The van der Waals surface area contributed by atoms with Gasteiger partial charge in [-0.2, -0.15) is 0 Å². The van der Waals surface area contributed by atoms with E-state index in [1.165, 1.54) is 6.26 Å². The molecule has 90 valence electrons. The summed E-state index contributed by atoms with van der Waals surface area (Å²) in [5.74, 6) is -0.301. The Kier molecular flexibility index (Phi) is 5.01. The van der Waals surface area contributed by atoms with E-state index in [2.05, 4.69) is 10.2 Å². The lowest BCUT2D eigenvalue weighted by molar-refractivity contribution is 0.0696. The van der Waals surface area contributed by atoms with Crippen molar-refractivity contribution in [1.82, 2.24) is 10.2 Å². The Bertz CT molecular complexity index is 334. The lowest BCUT2D eigenvalue weighted by Gasteiger charge is -2.08. The van der Waals surface area contributed by atoms with Crippen molar-refractivity contribution in [2.75, 3.05) is 27.2 Å². The number of carboxylic acids is 1. The molecule has 5 heteroatoms. The molecule has 0 amide bonds. The van der Waals surface area contributed by atoms with Gasteiger partial charge in [0.2, 0.25) is 0 Å². The third-order valence-corrected chi connectivity index (χ3v) is 2.16. The van der Waals surface area contributed by atoms with E-state index >= 15 is 0 Å². The van der Waals surface area contributed by atoms with Crippen LogP contribution in [0.4, 0.5) is 0 Å². The van der Waals surface area contributed by atoms with Crippen molar-refractivity contribution in [3.05, 3.63) is 23.7 Å². The molecule has 5 nitrogen and oxygen atoms in total. The molecule has 2 N–H and O–H groups in total. The lowest BCUT2D eigenvalue weighted by Crippen LogP contribution is -2.20. The lowest BCUT2D eigenvalue weighted by atomic mass is 10.3. The molecule has 0 spiro atoms. The van der Waals surface area contributed by atoms with Gasteiger partial charge in [0, 0.05) is 0 Å². The minimum atomic E-state index is -0.956. The van der Waals surface area contributed by atoms with Crippen LogP contribution in [-0.2, 0) is 6.54 Å². The van der Waals surface area contributed by atoms with Crippen LogP contribution in [0.3, 0.4) is 0 Å². The minimum Gasteiger partial charge on any atom is -0.478 e. The van der Waals surface area contributed by atoms with Crippen molar-refractivity contribution in [3.63, 3.8) is 0 Å². The second-order valence-electron chi connectivity index (χ2n) is 3.94. The highest BCUT2D eigenvalue weighted by atomic mass is 16.4. The van der Waals surface area contributed by atoms with Crippen LogP contribution in [0.1, 0.15) is 22.5 Å². The van der Waals surface area contributed by atoms with Gasteiger partial charge in [0.25, 0.3) is 0 Å². The number of furan rings is 1. The van der Waals surface area contributed by atoms with Crippen LogP contribution in [0, 0.1) is 0 Å². The Morgan fingerprint density at radius 1 is 1.56 bits per heavy atom. The van der Waals surface area contributed by atoms with Crippen LogP contribution in [-0.4, -0.2) is 43.2 Å². The van der Waals surface area contributed by atoms with Crippen LogP contribution in [0.15, 0.2) is 16.7 Å². The largest absolute Gasteiger partial charge is 0.478 e. The average Bonchev–Trinajstić information content (AvgIpc) is 2.65. The molecule has 0 radical (unpaired) electrons. The van der Waals surface area contributed by atoms with Crippen LogP contribution in [0.2, 0.25) is 0 Å². The number of hydrogen-bond donors (Lipinski definition) is 2. The molecule has 0 atom stereocenters. The van der Waals surface area contributed by atoms with Crippen LogP contribution in [0.5, 0.6) is 0 Å².